The number of ether oxygens (including phenoxy) is 3. The Morgan fingerprint density at radius 3 is 1.90 bits per heavy atom. The quantitative estimate of drug-likeness (QED) is 0.306. The average molecular weight is 543 g/mol. The summed E-state index contributed by atoms with van der Waals surface area (Å²) in [5.41, 5.74) is 1.77. The van der Waals surface area contributed by atoms with Gasteiger partial charge in [0.2, 0.25) is 0 Å². The van der Waals surface area contributed by atoms with Gasteiger partial charge in [0, 0.05) is 23.8 Å². The number of nitrogens with zero attached hydrogens (tertiary/aromatic N) is 5. The minimum absolute atomic E-state index is 0.0441. The van der Waals surface area contributed by atoms with Crippen molar-refractivity contribution in [3.63, 3.8) is 0 Å². The van der Waals surface area contributed by atoms with Crippen LogP contribution in [0.5, 0.6) is 17.2 Å². The van der Waals surface area contributed by atoms with Crippen LogP contribution in [0, 0.1) is 0 Å². The monoisotopic (exact) mass is 542 g/mol. The van der Waals surface area contributed by atoms with Crippen molar-refractivity contribution >= 4 is 6.09 Å². The van der Waals surface area contributed by atoms with E-state index in [2.05, 4.69) is 63.6 Å². The molecule has 1 saturated carbocycles. The molecule has 1 N–H and O–H groups in total. The van der Waals surface area contributed by atoms with Gasteiger partial charge in [-0.05, 0) is 56.2 Å². The van der Waals surface area contributed by atoms with Crippen molar-refractivity contribution in [2.45, 2.75) is 70.6 Å². The highest BCUT2D eigenvalue weighted by Gasteiger charge is 2.34. The summed E-state index contributed by atoms with van der Waals surface area (Å²) in [5, 5.41) is 10.9. The maximum Gasteiger partial charge on any atom is 0.407 e. The first-order chi connectivity index (χ1) is 19.0. The lowest BCUT2D eigenvalue weighted by Gasteiger charge is -2.35. The molecule has 0 aliphatic heterocycles. The van der Waals surface area contributed by atoms with Crippen molar-refractivity contribution < 1.29 is 19.0 Å². The van der Waals surface area contributed by atoms with E-state index in [9.17, 15) is 4.79 Å². The zero-order valence-electron chi connectivity index (χ0n) is 23.4. The summed E-state index contributed by atoms with van der Waals surface area (Å²) in [6, 6.07) is 16.2. The van der Waals surface area contributed by atoms with E-state index in [1.165, 1.54) is 10.4 Å². The van der Waals surface area contributed by atoms with Crippen molar-refractivity contribution in [3.05, 3.63) is 84.4 Å². The number of aromatic nitrogens is 5. The molecular weight excluding hydrogens is 508 g/mol. The Hall–Kier alpha value is -4.47. The third-order valence-corrected chi connectivity index (χ3v) is 6.70. The molecule has 0 spiro atoms. The van der Waals surface area contributed by atoms with Crippen LogP contribution in [0.3, 0.4) is 0 Å². The zero-order chi connectivity index (χ0) is 28.3. The van der Waals surface area contributed by atoms with Gasteiger partial charge in [0.25, 0.3) is 5.95 Å². The largest absolute Gasteiger partial charge is 0.490 e. The molecule has 4 aromatic rings. The van der Waals surface area contributed by atoms with E-state index in [0.29, 0.717) is 30.3 Å². The molecule has 1 amide bonds. The summed E-state index contributed by atoms with van der Waals surface area (Å²) in [5.74, 6) is 2.39. The number of hydrogen-bond donors (Lipinski definition) is 1. The average Bonchev–Trinajstić information content (AvgIpc) is 3.43. The topological polar surface area (TPSA) is 113 Å². The molecule has 0 saturated heterocycles. The molecule has 1 fully saturated rings. The van der Waals surface area contributed by atoms with Crippen molar-refractivity contribution in [3.8, 4) is 23.2 Å². The third kappa shape index (κ3) is 6.56. The van der Waals surface area contributed by atoms with E-state index in [4.69, 9.17) is 14.2 Å². The summed E-state index contributed by atoms with van der Waals surface area (Å²) in [7, 11) is 0. The van der Waals surface area contributed by atoms with Gasteiger partial charge in [0.1, 0.15) is 23.7 Å². The summed E-state index contributed by atoms with van der Waals surface area (Å²) in [6.07, 6.45) is 7.26. The second-order valence-electron chi connectivity index (χ2n) is 11.4. The van der Waals surface area contributed by atoms with Crippen LogP contribution in [0.15, 0.2) is 73.3 Å². The third-order valence-electron chi connectivity index (χ3n) is 6.70. The van der Waals surface area contributed by atoms with Crippen LogP contribution >= 0.6 is 0 Å². The molecule has 1 aliphatic carbocycles. The summed E-state index contributed by atoms with van der Waals surface area (Å²) in [4.78, 5) is 21.8. The maximum atomic E-state index is 11.9. The van der Waals surface area contributed by atoms with E-state index in [1.54, 1.807) is 24.8 Å². The van der Waals surface area contributed by atoms with Crippen molar-refractivity contribution in [1.29, 1.82) is 0 Å². The Labute approximate surface area is 233 Å². The number of carbonyl (C=O) groups excluding carboxylic acids is 1. The van der Waals surface area contributed by atoms with Gasteiger partial charge in [0.15, 0.2) is 5.75 Å². The van der Waals surface area contributed by atoms with Gasteiger partial charge < -0.3 is 19.5 Å². The molecule has 0 bridgehead atoms. The van der Waals surface area contributed by atoms with Gasteiger partial charge in [-0.3, -0.25) is 0 Å². The molecule has 10 heteroatoms. The van der Waals surface area contributed by atoms with Gasteiger partial charge in [-0.2, -0.15) is 10.2 Å². The Morgan fingerprint density at radius 1 is 0.800 bits per heavy atom. The molecule has 1 aliphatic rings. The lowest BCUT2D eigenvalue weighted by Crippen LogP contribution is -2.46. The van der Waals surface area contributed by atoms with Crippen LogP contribution in [-0.4, -0.2) is 48.8 Å². The first kappa shape index (κ1) is 27.1. The van der Waals surface area contributed by atoms with Gasteiger partial charge in [-0.15, -0.1) is 4.80 Å². The highest BCUT2D eigenvalue weighted by Crippen LogP contribution is 2.35. The molecule has 10 nitrogen and oxygen atoms in total. The molecule has 5 rings (SSSR count). The van der Waals surface area contributed by atoms with Crippen LogP contribution in [-0.2, 0) is 10.2 Å². The van der Waals surface area contributed by atoms with Gasteiger partial charge >= 0.3 is 6.09 Å². The predicted molar refractivity (Wildman–Crippen MR) is 149 cm³/mol. The van der Waals surface area contributed by atoms with Crippen LogP contribution in [0.25, 0.3) is 5.95 Å². The van der Waals surface area contributed by atoms with E-state index in [0.717, 1.165) is 11.3 Å². The van der Waals surface area contributed by atoms with E-state index in [-0.39, 0.29) is 29.3 Å². The fraction of sp³-hybridized carbons (Fsp3) is 0.367. The number of carbonyl (C=O) groups is 1. The fourth-order valence-corrected chi connectivity index (χ4v) is 4.37. The van der Waals surface area contributed by atoms with Crippen molar-refractivity contribution in [1.82, 2.24) is 30.3 Å². The SMILES string of the molecule is CC(C)(C)NC(=O)OC1CC(Oc2ccc(C(C)(C)c3ccc(Oc4cnc(-n5nccn5)nc4)cc3)cc2)C1. The molecule has 2 heterocycles. The van der Waals surface area contributed by atoms with Crippen LogP contribution < -0.4 is 14.8 Å². The molecule has 0 radical (unpaired) electrons. The first-order valence-electron chi connectivity index (χ1n) is 13.3. The van der Waals surface area contributed by atoms with Crippen LogP contribution in [0.2, 0.25) is 0 Å². The molecule has 40 heavy (non-hydrogen) atoms. The minimum Gasteiger partial charge on any atom is -0.490 e. The van der Waals surface area contributed by atoms with Crippen LogP contribution in [0.1, 0.15) is 58.6 Å². The normalized spacial score (nSPS) is 17.0. The zero-order valence-corrected chi connectivity index (χ0v) is 23.4. The second-order valence-corrected chi connectivity index (χ2v) is 11.4. The lowest BCUT2D eigenvalue weighted by molar-refractivity contribution is -0.0243. The number of alkyl carbamates (subject to hydrolysis) is 1. The number of benzene rings is 2. The standard InChI is InChI=1S/C30H34N6O4/c1-29(2,3)35-28(37)40-25-16-24(17-25)38-22-10-6-20(7-11-22)30(4,5)21-8-12-23(13-9-21)39-26-18-31-27(32-19-26)36-33-14-15-34-36/h6-15,18-19,24-25H,16-17H2,1-5H3,(H,35,37). The van der Waals surface area contributed by atoms with Crippen molar-refractivity contribution in [2.24, 2.45) is 0 Å². The van der Waals surface area contributed by atoms with Gasteiger partial charge in [0.05, 0.1) is 24.8 Å². The number of amides is 1. The summed E-state index contributed by atoms with van der Waals surface area (Å²) < 4.78 is 17.5. The summed E-state index contributed by atoms with van der Waals surface area (Å²) >= 11 is 0. The van der Waals surface area contributed by atoms with E-state index < -0.39 is 0 Å². The van der Waals surface area contributed by atoms with Gasteiger partial charge in [-0.1, -0.05) is 38.1 Å². The number of hydrogen-bond acceptors (Lipinski definition) is 8. The number of nitrogens with one attached hydrogen (secondary N) is 1. The van der Waals surface area contributed by atoms with Crippen LogP contribution in [0.4, 0.5) is 4.79 Å². The minimum atomic E-state index is -0.381. The van der Waals surface area contributed by atoms with E-state index in [1.807, 2.05) is 45.0 Å². The molecule has 0 atom stereocenters. The van der Waals surface area contributed by atoms with E-state index >= 15 is 0 Å². The molecular formula is C30H34N6O4. The molecule has 208 valence electrons. The molecule has 0 unspecified atom stereocenters. The molecule has 2 aromatic carbocycles. The Morgan fingerprint density at radius 2 is 1.35 bits per heavy atom. The predicted octanol–water partition coefficient (Wildman–Crippen LogP) is 5.61. The van der Waals surface area contributed by atoms with Crippen molar-refractivity contribution in [2.75, 3.05) is 0 Å². The lowest BCUT2D eigenvalue weighted by atomic mass is 9.78. The molecule has 2 aromatic heterocycles. The van der Waals surface area contributed by atoms with Gasteiger partial charge in [-0.25, -0.2) is 14.8 Å². The highest BCUT2D eigenvalue weighted by molar-refractivity contribution is 5.68. The maximum absolute atomic E-state index is 11.9. The summed E-state index contributed by atoms with van der Waals surface area (Å²) in [6.45, 7) is 10.1. The smallest absolute Gasteiger partial charge is 0.407 e. The Kier molecular flexibility index (Phi) is 7.42. The Balaban J connectivity index is 1.13. The fourth-order valence-electron chi connectivity index (χ4n) is 4.37. The second kappa shape index (κ2) is 11.0. The highest BCUT2D eigenvalue weighted by atomic mass is 16.6. The first-order valence-corrected chi connectivity index (χ1v) is 13.3. The Bertz CT molecular complexity index is 1410. The number of rotatable bonds is 8.